The summed E-state index contributed by atoms with van der Waals surface area (Å²) < 4.78 is 15.3. The Balaban J connectivity index is 1.68. The van der Waals surface area contributed by atoms with Crippen LogP contribution in [0.25, 0.3) is 17.1 Å². The van der Waals surface area contributed by atoms with Crippen molar-refractivity contribution in [2.45, 2.75) is 24.9 Å². The third-order valence-electron chi connectivity index (χ3n) is 5.05. The normalized spacial score (nSPS) is 23.9. The van der Waals surface area contributed by atoms with E-state index in [1.165, 1.54) is 0 Å². The number of benzene rings is 2. The Kier molecular flexibility index (Phi) is 4.40. The Hall–Kier alpha value is -2.32. The van der Waals surface area contributed by atoms with E-state index in [4.69, 9.17) is 38.4 Å². The van der Waals surface area contributed by atoms with Crippen LogP contribution in [0.2, 0.25) is 5.02 Å². The van der Waals surface area contributed by atoms with Crippen molar-refractivity contribution in [3.05, 3.63) is 64.4 Å². The van der Waals surface area contributed by atoms with Crippen molar-refractivity contribution in [3.63, 3.8) is 0 Å². The van der Waals surface area contributed by atoms with E-state index >= 15 is 0 Å². The molecule has 3 heterocycles. The van der Waals surface area contributed by atoms with Crippen LogP contribution in [-0.2, 0) is 14.3 Å². The van der Waals surface area contributed by atoms with E-state index in [9.17, 15) is 4.79 Å². The van der Waals surface area contributed by atoms with Gasteiger partial charge in [0.15, 0.2) is 11.6 Å². The van der Waals surface area contributed by atoms with Gasteiger partial charge in [0.1, 0.15) is 6.10 Å². The summed E-state index contributed by atoms with van der Waals surface area (Å²) in [4.78, 5) is 12.3. The molecule has 0 spiro atoms. The minimum Gasteiger partial charge on any atom is -0.343 e. The molecule has 142 valence electrons. The first-order chi connectivity index (χ1) is 13.6. The van der Waals surface area contributed by atoms with E-state index < -0.39 is 6.29 Å². The van der Waals surface area contributed by atoms with Gasteiger partial charge in [-0.05, 0) is 48.6 Å². The molecule has 2 saturated heterocycles. The van der Waals surface area contributed by atoms with Crippen molar-refractivity contribution in [3.8, 4) is 17.1 Å². The minimum absolute atomic E-state index is 0.0806. The maximum absolute atomic E-state index is 12.3. The largest absolute Gasteiger partial charge is 0.343 e. The molecule has 8 heteroatoms. The molecule has 0 N–H and O–H groups in total. The first kappa shape index (κ1) is 17.8. The SMILES string of the molecule is O=C1C[C@@H](n2nc(-c3ccc(Cl)cc3)n(-c3ccccc3)c2=S)[C@H]2CO[C@@H]1O2. The molecule has 2 aliphatic rings. The maximum atomic E-state index is 12.3. The third-order valence-corrected chi connectivity index (χ3v) is 5.67. The third kappa shape index (κ3) is 2.91. The van der Waals surface area contributed by atoms with Gasteiger partial charge in [-0.15, -0.1) is 0 Å². The first-order valence-electron chi connectivity index (χ1n) is 8.94. The Morgan fingerprint density at radius 1 is 1.11 bits per heavy atom. The fraction of sp³-hybridized carbons (Fsp3) is 0.250. The van der Waals surface area contributed by atoms with Crippen LogP contribution in [0.5, 0.6) is 0 Å². The number of hydrogen-bond acceptors (Lipinski definition) is 5. The van der Waals surface area contributed by atoms with Gasteiger partial charge < -0.3 is 9.47 Å². The van der Waals surface area contributed by atoms with E-state index in [2.05, 4.69) is 0 Å². The highest BCUT2D eigenvalue weighted by Gasteiger charge is 2.45. The van der Waals surface area contributed by atoms with Gasteiger partial charge in [0.2, 0.25) is 11.1 Å². The molecule has 5 rings (SSSR count). The summed E-state index contributed by atoms with van der Waals surface area (Å²) in [5.41, 5.74) is 1.77. The number of carbonyl (C=O) groups is 1. The quantitative estimate of drug-likeness (QED) is 0.608. The van der Waals surface area contributed by atoms with Crippen molar-refractivity contribution < 1.29 is 14.3 Å². The van der Waals surface area contributed by atoms with Gasteiger partial charge in [-0.2, -0.15) is 5.10 Å². The Morgan fingerprint density at radius 2 is 1.86 bits per heavy atom. The second kappa shape index (κ2) is 6.93. The van der Waals surface area contributed by atoms with Crippen LogP contribution in [-0.4, -0.2) is 39.1 Å². The smallest absolute Gasteiger partial charge is 0.218 e. The van der Waals surface area contributed by atoms with Gasteiger partial charge in [-0.3, -0.25) is 9.36 Å². The monoisotopic (exact) mass is 413 g/mol. The van der Waals surface area contributed by atoms with Gasteiger partial charge in [0.25, 0.3) is 0 Å². The van der Waals surface area contributed by atoms with Crippen LogP contribution in [0.1, 0.15) is 12.5 Å². The number of ether oxygens (including phenoxy) is 2. The van der Waals surface area contributed by atoms with E-state index in [0.29, 0.717) is 22.2 Å². The number of carbonyl (C=O) groups excluding carboxylic acids is 1. The number of para-hydroxylation sites is 1. The van der Waals surface area contributed by atoms with Crippen LogP contribution < -0.4 is 0 Å². The highest BCUT2D eigenvalue weighted by Crippen LogP contribution is 2.34. The number of aromatic nitrogens is 3. The molecular formula is C20H16ClN3O3S. The predicted octanol–water partition coefficient (Wildman–Crippen LogP) is 3.98. The zero-order valence-corrected chi connectivity index (χ0v) is 16.3. The lowest BCUT2D eigenvalue weighted by atomic mass is 10.0. The number of rotatable bonds is 3. The molecule has 2 bridgehead atoms. The molecule has 2 aliphatic heterocycles. The second-order valence-corrected chi connectivity index (χ2v) is 7.61. The summed E-state index contributed by atoms with van der Waals surface area (Å²) >= 11 is 11.8. The molecule has 2 fully saturated rings. The average Bonchev–Trinajstić information content (AvgIpc) is 3.29. The van der Waals surface area contributed by atoms with E-state index in [0.717, 1.165) is 11.3 Å². The topological polar surface area (TPSA) is 58.3 Å². The van der Waals surface area contributed by atoms with Crippen LogP contribution >= 0.6 is 23.8 Å². The standard InChI is InChI=1S/C20H16ClN3O3S/c21-13-8-6-12(7-9-13)18-22-24(15-10-16(25)19-26-11-17(15)27-19)20(28)23(18)14-4-2-1-3-5-14/h1-9,15,17,19H,10-11H2/t15-,17-,19-/m1/s1. The summed E-state index contributed by atoms with van der Waals surface area (Å²) in [6, 6.07) is 16.9. The van der Waals surface area contributed by atoms with Gasteiger partial charge in [-0.1, -0.05) is 29.8 Å². The molecule has 0 amide bonds. The second-order valence-electron chi connectivity index (χ2n) is 6.81. The molecule has 1 aromatic heterocycles. The lowest BCUT2D eigenvalue weighted by molar-refractivity contribution is -0.156. The van der Waals surface area contributed by atoms with E-state index in [1.807, 2.05) is 59.2 Å². The maximum Gasteiger partial charge on any atom is 0.218 e. The van der Waals surface area contributed by atoms with Crippen LogP contribution in [0, 0.1) is 4.77 Å². The van der Waals surface area contributed by atoms with Crippen LogP contribution in [0.3, 0.4) is 0 Å². The Morgan fingerprint density at radius 3 is 2.61 bits per heavy atom. The number of fused-ring (bicyclic) bond motifs is 2. The molecule has 2 aromatic carbocycles. The average molecular weight is 414 g/mol. The van der Waals surface area contributed by atoms with Crippen molar-refractivity contribution in [2.75, 3.05) is 6.61 Å². The van der Waals surface area contributed by atoms with E-state index in [-0.39, 0.29) is 24.3 Å². The van der Waals surface area contributed by atoms with E-state index in [1.54, 1.807) is 4.68 Å². The molecule has 3 atom stereocenters. The minimum atomic E-state index is -0.748. The molecule has 0 radical (unpaired) electrons. The van der Waals surface area contributed by atoms with Gasteiger partial charge in [-0.25, -0.2) is 4.68 Å². The fourth-order valence-electron chi connectivity index (χ4n) is 3.66. The number of hydrogen-bond donors (Lipinski definition) is 0. The highest BCUT2D eigenvalue weighted by atomic mass is 35.5. The lowest BCUT2D eigenvalue weighted by Crippen LogP contribution is -2.37. The fourth-order valence-corrected chi connectivity index (χ4v) is 4.16. The highest BCUT2D eigenvalue weighted by molar-refractivity contribution is 7.71. The molecule has 28 heavy (non-hydrogen) atoms. The molecule has 3 aromatic rings. The Bertz CT molecular complexity index is 1090. The number of halogens is 1. The zero-order chi connectivity index (χ0) is 19.3. The Labute approximate surface area is 171 Å². The number of Topliss-reactive ketones (excluding diaryl/α,β-unsaturated/α-hetero) is 1. The first-order valence-corrected chi connectivity index (χ1v) is 9.73. The van der Waals surface area contributed by atoms with Crippen LogP contribution in [0.4, 0.5) is 0 Å². The summed E-state index contributed by atoms with van der Waals surface area (Å²) in [5, 5.41) is 5.45. The van der Waals surface area contributed by atoms with Crippen molar-refractivity contribution >= 4 is 29.6 Å². The van der Waals surface area contributed by atoms with Gasteiger partial charge in [0.05, 0.1) is 12.6 Å². The molecule has 0 aliphatic carbocycles. The lowest BCUT2D eigenvalue weighted by Gasteiger charge is -2.26. The van der Waals surface area contributed by atoms with Gasteiger partial charge >= 0.3 is 0 Å². The zero-order valence-electron chi connectivity index (χ0n) is 14.7. The predicted molar refractivity (Wildman–Crippen MR) is 106 cm³/mol. The summed E-state index contributed by atoms with van der Waals surface area (Å²) in [6.45, 7) is 0.358. The molecule has 6 nitrogen and oxygen atoms in total. The van der Waals surface area contributed by atoms with Crippen molar-refractivity contribution in [1.29, 1.82) is 0 Å². The number of ketones is 1. The van der Waals surface area contributed by atoms with Gasteiger partial charge in [0, 0.05) is 22.7 Å². The number of nitrogens with zero attached hydrogens (tertiary/aromatic N) is 3. The summed E-state index contributed by atoms with van der Waals surface area (Å²) in [5.74, 6) is 0.601. The summed E-state index contributed by atoms with van der Waals surface area (Å²) in [6.07, 6.45) is -0.705. The van der Waals surface area contributed by atoms with Crippen molar-refractivity contribution in [1.82, 2.24) is 14.3 Å². The van der Waals surface area contributed by atoms with Crippen LogP contribution in [0.15, 0.2) is 54.6 Å². The van der Waals surface area contributed by atoms with Crippen molar-refractivity contribution in [2.24, 2.45) is 0 Å². The molecule has 0 saturated carbocycles. The molecule has 0 unspecified atom stereocenters. The summed E-state index contributed by atoms with van der Waals surface area (Å²) in [7, 11) is 0. The molecular weight excluding hydrogens is 398 g/mol.